The highest BCUT2D eigenvalue weighted by Gasteiger charge is 2.07. The first kappa shape index (κ1) is 16.2. The molecule has 1 rings (SSSR count). The summed E-state index contributed by atoms with van der Waals surface area (Å²) in [6.07, 6.45) is 2.29. The number of aryl methyl sites for hydroxylation is 2. The van der Waals surface area contributed by atoms with Gasteiger partial charge in [-0.05, 0) is 93.9 Å². The summed E-state index contributed by atoms with van der Waals surface area (Å²) in [7, 11) is 0. The average Bonchev–Trinajstić information content (AvgIpc) is 2.39. The Labute approximate surface area is 118 Å². The zero-order chi connectivity index (χ0) is 14.4. The SMILES string of the molecule is Cc1cc(C)c(C)c(CCNCCC(C)CN)c1C. The standard InChI is InChI=1S/C17H30N2/c1-12(11-18)6-8-19-9-7-17-15(4)13(2)10-14(3)16(17)5/h10,12,19H,6-9,11,18H2,1-5H3. The summed E-state index contributed by atoms with van der Waals surface area (Å²) in [5.74, 6) is 0.622. The van der Waals surface area contributed by atoms with Crippen molar-refractivity contribution in [2.24, 2.45) is 11.7 Å². The van der Waals surface area contributed by atoms with Crippen LogP contribution < -0.4 is 11.1 Å². The molecule has 0 fully saturated rings. The lowest BCUT2D eigenvalue weighted by Gasteiger charge is -2.16. The normalized spacial score (nSPS) is 12.7. The number of nitrogens with two attached hydrogens (primary N) is 1. The summed E-state index contributed by atoms with van der Waals surface area (Å²) in [5, 5.41) is 3.54. The lowest BCUT2D eigenvalue weighted by atomic mass is 9.92. The van der Waals surface area contributed by atoms with E-state index in [0.717, 1.165) is 26.1 Å². The molecule has 1 unspecified atom stereocenters. The van der Waals surface area contributed by atoms with Gasteiger partial charge in [-0.2, -0.15) is 0 Å². The van der Waals surface area contributed by atoms with E-state index in [1.807, 2.05) is 0 Å². The van der Waals surface area contributed by atoms with Crippen LogP contribution in [0.4, 0.5) is 0 Å². The van der Waals surface area contributed by atoms with Crippen molar-refractivity contribution in [2.45, 2.75) is 47.5 Å². The van der Waals surface area contributed by atoms with E-state index in [1.165, 1.54) is 34.2 Å². The Balaban J connectivity index is 2.50. The van der Waals surface area contributed by atoms with Gasteiger partial charge in [-0.3, -0.25) is 0 Å². The van der Waals surface area contributed by atoms with Gasteiger partial charge in [0.05, 0.1) is 0 Å². The van der Waals surface area contributed by atoms with Crippen LogP contribution in [0.25, 0.3) is 0 Å². The summed E-state index contributed by atoms with van der Waals surface area (Å²) in [4.78, 5) is 0. The van der Waals surface area contributed by atoms with E-state index in [-0.39, 0.29) is 0 Å². The zero-order valence-electron chi connectivity index (χ0n) is 13.3. The van der Waals surface area contributed by atoms with E-state index >= 15 is 0 Å². The highest BCUT2D eigenvalue weighted by molar-refractivity contribution is 5.44. The predicted octanol–water partition coefficient (Wildman–Crippen LogP) is 3.04. The van der Waals surface area contributed by atoms with Gasteiger partial charge in [0.2, 0.25) is 0 Å². The Kier molecular flexibility index (Phi) is 6.53. The first-order chi connectivity index (χ1) is 8.97. The average molecular weight is 262 g/mol. The molecule has 0 saturated carbocycles. The molecule has 0 aliphatic rings. The molecule has 0 radical (unpaired) electrons. The molecule has 1 aromatic carbocycles. The lowest BCUT2D eigenvalue weighted by molar-refractivity contribution is 0.510. The number of rotatable bonds is 7. The van der Waals surface area contributed by atoms with Crippen LogP contribution in [-0.2, 0) is 6.42 Å². The van der Waals surface area contributed by atoms with E-state index in [4.69, 9.17) is 5.73 Å². The number of benzene rings is 1. The van der Waals surface area contributed by atoms with E-state index in [2.05, 4.69) is 46.0 Å². The van der Waals surface area contributed by atoms with Crippen LogP contribution in [0.15, 0.2) is 6.07 Å². The maximum Gasteiger partial charge on any atom is -0.000815 e. The molecule has 0 aliphatic heterocycles. The van der Waals surface area contributed by atoms with Gasteiger partial charge >= 0.3 is 0 Å². The molecule has 1 aromatic rings. The molecule has 2 heteroatoms. The second kappa shape index (κ2) is 7.66. The Hall–Kier alpha value is -0.860. The third-order valence-corrected chi connectivity index (χ3v) is 4.29. The Morgan fingerprint density at radius 3 is 2.16 bits per heavy atom. The summed E-state index contributed by atoms with van der Waals surface area (Å²) in [6.45, 7) is 14.0. The number of hydrogen-bond acceptors (Lipinski definition) is 2. The van der Waals surface area contributed by atoms with Gasteiger partial charge in [-0.25, -0.2) is 0 Å². The van der Waals surface area contributed by atoms with Crippen molar-refractivity contribution >= 4 is 0 Å². The number of hydrogen-bond donors (Lipinski definition) is 2. The molecule has 19 heavy (non-hydrogen) atoms. The summed E-state index contributed by atoms with van der Waals surface area (Å²) in [6, 6.07) is 2.30. The van der Waals surface area contributed by atoms with E-state index in [1.54, 1.807) is 0 Å². The van der Waals surface area contributed by atoms with Crippen LogP contribution in [-0.4, -0.2) is 19.6 Å². The van der Waals surface area contributed by atoms with E-state index < -0.39 is 0 Å². The molecule has 2 nitrogen and oxygen atoms in total. The van der Waals surface area contributed by atoms with Gasteiger partial charge in [0.1, 0.15) is 0 Å². The van der Waals surface area contributed by atoms with Crippen LogP contribution in [0.5, 0.6) is 0 Å². The number of nitrogens with one attached hydrogen (secondary N) is 1. The quantitative estimate of drug-likeness (QED) is 0.741. The fourth-order valence-corrected chi connectivity index (χ4v) is 2.48. The molecule has 0 heterocycles. The molecule has 0 bridgehead atoms. The minimum atomic E-state index is 0.622. The molecule has 0 aromatic heterocycles. The summed E-state index contributed by atoms with van der Waals surface area (Å²) in [5.41, 5.74) is 12.9. The highest BCUT2D eigenvalue weighted by atomic mass is 14.8. The third-order valence-electron chi connectivity index (χ3n) is 4.29. The van der Waals surface area contributed by atoms with Gasteiger partial charge in [0, 0.05) is 0 Å². The van der Waals surface area contributed by atoms with Crippen LogP contribution in [0.3, 0.4) is 0 Å². The molecule has 1 atom stereocenters. The van der Waals surface area contributed by atoms with Crippen molar-refractivity contribution in [3.05, 3.63) is 33.9 Å². The maximum absolute atomic E-state index is 5.62. The minimum Gasteiger partial charge on any atom is -0.330 e. The van der Waals surface area contributed by atoms with Crippen LogP contribution >= 0.6 is 0 Å². The van der Waals surface area contributed by atoms with Gasteiger partial charge in [0.25, 0.3) is 0 Å². The molecule has 0 saturated heterocycles. The lowest BCUT2D eigenvalue weighted by Crippen LogP contribution is -2.23. The summed E-state index contributed by atoms with van der Waals surface area (Å²) < 4.78 is 0. The molecule has 0 amide bonds. The fraction of sp³-hybridized carbons (Fsp3) is 0.647. The first-order valence-corrected chi connectivity index (χ1v) is 7.44. The zero-order valence-corrected chi connectivity index (χ0v) is 13.3. The molecule has 3 N–H and O–H groups in total. The van der Waals surface area contributed by atoms with E-state index in [0.29, 0.717) is 5.92 Å². The van der Waals surface area contributed by atoms with Crippen molar-refractivity contribution in [2.75, 3.05) is 19.6 Å². The monoisotopic (exact) mass is 262 g/mol. The van der Waals surface area contributed by atoms with Gasteiger partial charge in [0.15, 0.2) is 0 Å². The fourth-order valence-electron chi connectivity index (χ4n) is 2.48. The smallest absolute Gasteiger partial charge is 0.000815 e. The minimum absolute atomic E-state index is 0.622. The maximum atomic E-state index is 5.62. The van der Waals surface area contributed by atoms with Crippen LogP contribution in [0, 0.1) is 33.6 Å². The topological polar surface area (TPSA) is 38.0 Å². The van der Waals surface area contributed by atoms with Crippen molar-refractivity contribution in [3.63, 3.8) is 0 Å². The molecular formula is C17H30N2. The Bertz CT molecular complexity index is 384. The predicted molar refractivity (Wildman–Crippen MR) is 84.8 cm³/mol. The van der Waals surface area contributed by atoms with Crippen LogP contribution in [0.1, 0.15) is 41.2 Å². The Morgan fingerprint density at radius 1 is 1.05 bits per heavy atom. The first-order valence-electron chi connectivity index (χ1n) is 7.44. The van der Waals surface area contributed by atoms with Crippen LogP contribution in [0.2, 0.25) is 0 Å². The second-order valence-electron chi connectivity index (χ2n) is 5.87. The van der Waals surface area contributed by atoms with Crippen molar-refractivity contribution in [1.29, 1.82) is 0 Å². The second-order valence-corrected chi connectivity index (χ2v) is 5.87. The van der Waals surface area contributed by atoms with Crippen molar-refractivity contribution in [1.82, 2.24) is 5.32 Å². The largest absolute Gasteiger partial charge is 0.330 e. The summed E-state index contributed by atoms with van der Waals surface area (Å²) >= 11 is 0. The van der Waals surface area contributed by atoms with Gasteiger partial charge in [-0.1, -0.05) is 13.0 Å². The highest BCUT2D eigenvalue weighted by Crippen LogP contribution is 2.21. The molecule has 0 aliphatic carbocycles. The van der Waals surface area contributed by atoms with Crippen molar-refractivity contribution in [3.8, 4) is 0 Å². The Morgan fingerprint density at radius 2 is 1.63 bits per heavy atom. The van der Waals surface area contributed by atoms with Gasteiger partial charge in [-0.15, -0.1) is 0 Å². The molecular weight excluding hydrogens is 232 g/mol. The van der Waals surface area contributed by atoms with E-state index in [9.17, 15) is 0 Å². The van der Waals surface area contributed by atoms with Gasteiger partial charge < -0.3 is 11.1 Å². The third kappa shape index (κ3) is 4.63. The molecule has 0 spiro atoms. The molecule has 108 valence electrons. The van der Waals surface area contributed by atoms with Crippen molar-refractivity contribution < 1.29 is 0 Å².